The van der Waals surface area contributed by atoms with E-state index in [-0.39, 0.29) is 0 Å². The van der Waals surface area contributed by atoms with Crippen molar-refractivity contribution in [3.05, 3.63) is 97.1 Å². The number of benzene rings is 4. The lowest BCUT2D eigenvalue weighted by Gasteiger charge is -2.10. The Balaban J connectivity index is 0.000000349. The van der Waals surface area contributed by atoms with E-state index in [4.69, 9.17) is 28.1 Å². The third-order valence-electron chi connectivity index (χ3n) is 6.14. The zero-order chi connectivity index (χ0) is 49.9. The number of aromatic nitrogens is 1. The SMILES string of the molecule is Nc1ccccc1-c1ccc(-n2c3ccccc3c3ccccc32)cc1.S=S=S=S=S=S=S=S=S=S=S=S=S=S=S=S=S=S=S=S=S=S=S=S=S=S=S=S=S=S=S=S=S=S=S=S=S=S=S=S=S=S=S=S=S. The highest BCUT2D eigenvalue weighted by atomic mass is 33.5. The minimum Gasteiger partial charge on any atom is -0.398 e. The number of nitrogen functional groups attached to an aromatic ring is 1. The molecule has 0 amide bonds. The summed E-state index contributed by atoms with van der Waals surface area (Å²) in [5.74, 6) is 0. The van der Waals surface area contributed by atoms with Crippen LogP contribution < -0.4 is 5.73 Å². The predicted molar refractivity (Wildman–Crippen MR) is 442 cm³/mol. The van der Waals surface area contributed by atoms with Gasteiger partial charge in [-0.15, -0.1) is 0 Å². The van der Waals surface area contributed by atoms with Gasteiger partial charge in [-0.2, -0.15) is 0 Å². The Hall–Kier alpha value is 6.38. The van der Waals surface area contributed by atoms with Gasteiger partial charge >= 0.3 is 0 Å². The van der Waals surface area contributed by atoms with Crippen molar-refractivity contribution >= 4 is 432 Å². The summed E-state index contributed by atoms with van der Waals surface area (Å²) in [6.45, 7) is 0. The van der Waals surface area contributed by atoms with Gasteiger partial charge in [-0.05, 0) is 35.9 Å². The molecule has 1 aromatic heterocycles. The molecule has 0 spiro atoms. The predicted octanol–water partition coefficient (Wildman–Crippen LogP) is 5.92. The molecular weight excluding hydrogens is 1760 g/mol. The van der Waals surface area contributed by atoms with E-state index in [0.29, 0.717) is 0 Å². The van der Waals surface area contributed by atoms with E-state index < -0.39 is 0 Å². The number of rotatable bonds is 2. The highest BCUT2D eigenvalue weighted by Crippen LogP contribution is 2.33. The van der Waals surface area contributed by atoms with Gasteiger partial charge in [0.2, 0.25) is 0 Å². The zero-order valence-electron chi connectivity index (χ0n) is 32.6. The molecular formula is C24H18N2S45. The van der Waals surface area contributed by atoms with Gasteiger partial charge in [-0.3, -0.25) is 0 Å². The summed E-state index contributed by atoms with van der Waals surface area (Å²) in [6.07, 6.45) is 0. The standard InChI is InChI=1S/C24H18N2.S45/c25-22-10-4-1-7-19(22)17-13-15-18(16-14-17)26-23-11-5-2-8-20(23)21-9-3-6-12-24(21)26;1-3-5-7-9-11-13-15-17-19-21-23-25-27-29-31-33-35-37-39-41-43-45-44-42-40-38-36-34-32-30-28-26-24-22-20-18-16-14-12-10-8-6-4-2/h1-16H,25H2;. The molecule has 5 rings (SSSR count). The number of hydrogen-bond donors (Lipinski definition) is 1. The van der Waals surface area contributed by atoms with Crippen LogP contribution in [0.4, 0.5) is 5.69 Å². The summed E-state index contributed by atoms with van der Waals surface area (Å²) in [5, 5.41) is 2.55. The van der Waals surface area contributed by atoms with Gasteiger partial charge < -0.3 is 10.3 Å². The fourth-order valence-electron chi connectivity index (χ4n) is 4.22. The third-order valence-corrected chi connectivity index (χ3v) is 99.5. The van der Waals surface area contributed by atoms with Gasteiger partial charge in [0.15, 0.2) is 0 Å². The molecule has 0 aliphatic heterocycles. The number of nitrogens with zero attached hydrogens (tertiary/aromatic N) is 1. The maximum Gasteiger partial charge on any atom is 0.0541 e. The van der Waals surface area contributed by atoms with Crippen molar-refractivity contribution in [1.82, 2.24) is 4.57 Å². The lowest BCUT2D eigenvalue weighted by atomic mass is 10.0. The van der Waals surface area contributed by atoms with E-state index in [1.165, 1.54) is 39.6 Å². The normalized spacial score (nSPS) is 9.01. The third kappa shape index (κ3) is 34.1. The smallest absolute Gasteiger partial charge is 0.0541 e. The van der Waals surface area contributed by atoms with E-state index in [1.807, 2.05) is 276 Å². The van der Waals surface area contributed by atoms with Crippen LogP contribution in [0.15, 0.2) is 97.1 Å². The van der Waals surface area contributed by atoms with Crippen LogP contribution in [-0.2, 0) is 404 Å². The molecule has 0 atom stereocenters. The second kappa shape index (κ2) is 50.9. The maximum atomic E-state index is 6.13. The van der Waals surface area contributed by atoms with Crippen molar-refractivity contribution in [3.63, 3.8) is 0 Å². The first kappa shape index (κ1) is 69.9. The average Bonchev–Trinajstić information content (AvgIpc) is 3.74. The fourth-order valence-corrected chi connectivity index (χ4v) is 117. The Morgan fingerprint density at radius 2 is 0.507 bits per heavy atom. The summed E-state index contributed by atoms with van der Waals surface area (Å²) >= 11 is 9.62. The van der Waals surface area contributed by atoms with Crippen molar-refractivity contribution in [2.24, 2.45) is 0 Å². The molecule has 0 unspecified atom stereocenters. The lowest BCUT2D eigenvalue weighted by molar-refractivity contribution is 1.18. The van der Waals surface area contributed by atoms with Crippen LogP contribution in [0, 0.1) is 0 Å². The lowest BCUT2D eigenvalue weighted by Crippen LogP contribution is -1.94. The summed E-state index contributed by atoms with van der Waals surface area (Å²) in [4.78, 5) is 0. The van der Waals surface area contributed by atoms with Crippen molar-refractivity contribution in [2.45, 2.75) is 0 Å². The largest absolute Gasteiger partial charge is 0.398 e. The Kier molecular flexibility index (Phi) is 50.0. The Bertz CT molecular complexity index is 4610. The van der Waals surface area contributed by atoms with E-state index in [2.05, 4.69) is 83.4 Å². The summed E-state index contributed by atoms with van der Waals surface area (Å²) in [6, 6.07) is 33.7. The Morgan fingerprint density at radius 1 is 0.268 bits per heavy atom. The van der Waals surface area contributed by atoms with E-state index in [9.17, 15) is 0 Å². The first-order valence-electron chi connectivity index (χ1n) is 16.1. The molecule has 394 valence electrons. The minimum absolute atomic E-state index is 0.803. The molecule has 0 saturated heterocycles. The van der Waals surface area contributed by atoms with Crippen molar-refractivity contribution in [1.29, 1.82) is 0 Å². The minimum atomic E-state index is 0.803. The first-order chi connectivity index (χ1) is 35.2. The molecule has 0 aliphatic rings. The molecule has 0 aliphatic carbocycles. The van der Waals surface area contributed by atoms with Crippen molar-refractivity contribution < 1.29 is 0 Å². The second-order valence-corrected chi connectivity index (χ2v) is 85.5. The van der Waals surface area contributed by atoms with Gasteiger partial charge in [0.25, 0.3) is 0 Å². The van der Waals surface area contributed by atoms with E-state index in [1.54, 1.807) is 107 Å². The fraction of sp³-hybridized carbons (Fsp3) is 0. The van der Waals surface area contributed by atoms with Crippen molar-refractivity contribution in [3.8, 4) is 16.8 Å². The second-order valence-electron chi connectivity index (χ2n) is 9.43. The number of hydrogen-bond acceptors (Lipinski definition) is 3. The number of anilines is 1. The Labute approximate surface area is 542 Å². The summed E-state index contributed by atoms with van der Waals surface area (Å²) < 4.78 is 2.32. The molecule has 47 heteroatoms. The van der Waals surface area contributed by atoms with Crippen LogP contribution in [0.5, 0.6) is 0 Å². The molecule has 71 heavy (non-hydrogen) atoms. The molecule has 2 nitrogen and oxygen atoms in total. The quantitative estimate of drug-likeness (QED) is 0.223. The summed E-state index contributed by atoms with van der Waals surface area (Å²) in [5.41, 5.74) is 12.7. The number of para-hydroxylation sites is 3. The van der Waals surface area contributed by atoms with Crippen LogP contribution in [-0.4, -0.2) is 4.57 Å². The topological polar surface area (TPSA) is 30.9 Å². The maximum absolute atomic E-state index is 6.13. The van der Waals surface area contributed by atoms with Crippen LogP contribution >= 0.6 is 0 Å². The highest BCUT2D eigenvalue weighted by Gasteiger charge is 2.11. The number of fused-ring (bicyclic) bond motifs is 3. The molecule has 4 aromatic carbocycles. The number of nitrogens with two attached hydrogens (primary N) is 1. The molecule has 5 aromatic rings. The van der Waals surface area contributed by atoms with Crippen LogP contribution in [0.2, 0.25) is 0 Å². The van der Waals surface area contributed by atoms with Crippen LogP contribution in [0.1, 0.15) is 0 Å². The average molecular weight is 1780 g/mol. The van der Waals surface area contributed by atoms with Crippen LogP contribution in [0.3, 0.4) is 0 Å². The summed E-state index contributed by atoms with van der Waals surface area (Å²) in [7, 11) is 76.6. The first-order valence-corrected chi connectivity index (χ1v) is 74.8. The molecule has 0 fully saturated rings. The zero-order valence-corrected chi connectivity index (χ0v) is 69.4. The Morgan fingerprint density at radius 3 is 0.775 bits per heavy atom. The molecule has 2 N–H and O–H groups in total. The molecule has 0 radical (unpaired) electrons. The van der Waals surface area contributed by atoms with Gasteiger partial charge in [-0.25, -0.2) is 0 Å². The van der Waals surface area contributed by atoms with E-state index >= 15 is 0 Å². The van der Waals surface area contributed by atoms with Gasteiger partial charge in [-0.1, -0.05) is 66.7 Å². The van der Waals surface area contributed by atoms with E-state index in [0.717, 1.165) is 22.5 Å². The molecule has 1 heterocycles. The van der Waals surface area contributed by atoms with Gasteiger partial charge in [0, 0.05) is 432 Å². The van der Waals surface area contributed by atoms with Crippen molar-refractivity contribution in [2.75, 3.05) is 5.73 Å². The highest BCUT2D eigenvalue weighted by molar-refractivity contribution is 8.81. The van der Waals surface area contributed by atoms with Gasteiger partial charge in [0.1, 0.15) is 0 Å². The van der Waals surface area contributed by atoms with Gasteiger partial charge in [0.05, 0.1) is 11.0 Å². The monoisotopic (exact) mass is 1770 g/mol. The van der Waals surface area contributed by atoms with Crippen LogP contribution in [0.25, 0.3) is 38.6 Å². The molecule has 0 saturated carbocycles. The molecule has 0 bridgehead atoms.